The molecule has 0 saturated carbocycles. The molecule has 0 heterocycles. The van der Waals surface area contributed by atoms with Crippen LogP contribution in [0, 0.1) is 0 Å². The fourth-order valence-electron chi connectivity index (χ4n) is 0.931. The Kier molecular flexibility index (Phi) is 7.13. The van der Waals surface area contributed by atoms with Gasteiger partial charge in [-0.05, 0) is 6.42 Å². The van der Waals surface area contributed by atoms with E-state index < -0.39 is 18.4 Å². The Morgan fingerprint density at radius 2 is 2.00 bits per heavy atom. The molecule has 0 radical (unpaired) electrons. The average molecular weight is 218 g/mol. The quantitative estimate of drug-likeness (QED) is 0.658. The number of hydrogen-bond acceptors (Lipinski definition) is 4. The lowest BCUT2D eigenvalue weighted by molar-refractivity contribution is 0.0688. The van der Waals surface area contributed by atoms with Gasteiger partial charge in [0.25, 0.3) is 0 Å². The smallest absolute Gasteiger partial charge is 0.409 e. The van der Waals surface area contributed by atoms with E-state index in [0.29, 0.717) is 13.0 Å². The first-order chi connectivity index (χ1) is 7.10. The molecule has 3 N–H and O–H groups in total. The molecule has 0 aliphatic carbocycles. The Morgan fingerprint density at radius 1 is 1.33 bits per heavy atom. The van der Waals surface area contributed by atoms with Crippen molar-refractivity contribution in [3.63, 3.8) is 0 Å². The van der Waals surface area contributed by atoms with Crippen LogP contribution < -0.4 is 11.1 Å². The van der Waals surface area contributed by atoms with Crippen LogP contribution in [0.15, 0.2) is 0 Å². The summed E-state index contributed by atoms with van der Waals surface area (Å²) in [6.45, 7) is 4.12. The molecule has 0 bridgehead atoms. The monoisotopic (exact) mass is 218 g/mol. The fraction of sp³-hybridized carbons (Fsp3) is 0.778. The predicted octanol–water partition coefficient (Wildman–Crippen LogP) is 1.34. The molecule has 0 rings (SSSR count). The van der Waals surface area contributed by atoms with E-state index in [1.165, 1.54) is 0 Å². The van der Waals surface area contributed by atoms with Crippen molar-refractivity contribution < 1.29 is 19.1 Å². The molecule has 88 valence electrons. The van der Waals surface area contributed by atoms with Crippen LogP contribution in [-0.2, 0) is 9.47 Å². The lowest BCUT2D eigenvalue weighted by Gasteiger charge is -2.16. The highest BCUT2D eigenvalue weighted by atomic mass is 16.6. The zero-order valence-electron chi connectivity index (χ0n) is 9.12. The Morgan fingerprint density at radius 3 is 2.47 bits per heavy atom. The SMILES string of the molecule is CCCOC(=O)NC(CCC)OC(N)=O. The summed E-state index contributed by atoms with van der Waals surface area (Å²) in [5.41, 5.74) is 4.85. The van der Waals surface area contributed by atoms with E-state index in [-0.39, 0.29) is 0 Å². The molecule has 0 spiro atoms. The molecular formula is C9H18N2O4. The highest BCUT2D eigenvalue weighted by molar-refractivity contribution is 5.69. The van der Waals surface area contributed by atoms with Crippen LogP contribution in [-0.4, -0.2) is 25.0 Å². The molecule has 6 nitrogen and oxygen atoms in total. The molecule has 6 heteroatoms. The standard InChI is InChI=1S/C9H18N2O4/c1-3-5-7(15-8(10)12)11-9(13)14-6-4-2/h7H,3-6H2,1-2H3,(H2,10,12)(H,11,13). The number of hydrogen-bond donors (Lipinski definition) is 2. The molecule has 0 fully saturated rings. The minimum atomic E-state index is -0.913. The maximum Gasteiger partial charge on any atom is 0.409 e. The van der Waals surface area contributed by atoms with Crippen molar-refractivity contribution >= 4 is 12.2 Å². The summed E-state index contributed by atoms with van der Waals surface area (Å²) in [5.74, 6) is 0. The first-order valence-electron chi connectivity index (χ1n) is 4.99. The summed E-state index contributed by atoms with van der Waals surface area (Å²) in [7, 11) is 0. The van der Waals surface area contributed by atoms with Crippen LogP contribution in [0.4, 0.5) is 9.59 Å². The highest BCUT2D eigenvalue weighted by Gasteiger charge is 2.14. The van der Waals surface area contributed by atoms with Gasteiger partial charge in [0.1, 0.15) is 0 Å². The van der Waals surface area contributed by atoms with Gasteiger partial charge in [-0.1, -0.05) is 20.3 Å². The second-order valence-electron chi connectivity index (χ2n) is 2.99. The lowest BCUT2D eigenvalue weighted by Crippen LogP contribution is -2.39. The third kappa shape index (κ3) is 7.60. The normalized spacial score (nSPS) is 11.6. The minimum Gasteiger partial charge on any atom is -0.449 e. The van der Waals surface area contributed by atoms with Crippen molar-refractivity contribution in [3.05, 3.63) is 0 Å². The van der Waals surface area contributed by atoms with Gasteiger partial charge in [0.2, 0.25) is 0 Å². The van der Waals surface area contributed by atoms with Crippen molar-refractivity contribution in [3.8, 4) is 0 Å². The number of nitrogens with two attached hydrogens (primary N) is 1. The van der Waals surface area contributed by atoms with Crippen LogP contribution in [0.3, 0.4) is 0 Å². The number of nitrogens with one attached hydrogen (secondary N) is 1. The van der Waals surface area contributed by atoms with Gasteiger partial charge in [0.15, 0.2) is 6.23 Å². The molecule has 2 amide bonds. The van der Waals surface area contributed by atoms with Gasteiger partial charge >= 0.3 is 12.2 Å². The summed E-state index contributed by atoms with van der Waals surface area (Å²) in [5, 5.41) is 2.40. The minimum absolute atomic E-state index is 0.335. The molecule has 0 aliphatic rings. The van der Waals surface area contributed by atoms with E-state index in [0.717, 1.165) is 12.8 Å². The molecule has 0 aliphatic heterocycles. The van der Waals surface area contributed by atoms with E-state index >= 15 is 0 Å². The number of ether oxygens (including phenoxy) is 2. The third-order valence-corrected chi connectivity index (χ3v) is 1.53. The second-order valence-corrected chi connectivity index (χ2v) is 2.99. The molecule has 1 unspecified atom stereocenters. The fourth-order valence-corrected chi connectivity index (χ4v) is 0.931. The van der Waals surface area contributed by atoms with Gasteiger partial charge in [-0.15, -0.1) is 0 Å². The average Bonchev–Trinajstić information content (AvgIpc) is 2.14. The number of carbonyl (C=O) groups excluding carboxylic acids is 2. The Labute approximate surface area is 89.1 Å². The third-order valence-electron chi connectivity index (χ3n) is 1.53. The van der Waals surface area contributed by atoms with Crippen molar-refractivity contribution in [2.45, 2.75) is 39.3 Å². The Balaban J connectivity index is 3.92. The Hall–Kier alpha value is -1.46. The van der Waals surface area contributed by atoms with E-state index in [4.69, 9.17) is 10.5 Å². The van der Waals surface area contributed by atoms with Gasteiger partial charge < -0.3 is 15.2 Å². The number of alkyl carbamates (subject to hydrolysis) is 1. The van der Waals surface area contributed by atoms with E-state index in [9.17, 15) is 9.59 Å². The van der Waals surface area contributed by atoms with E-state index in [2.05, 4.69) is 10.1 Å². The number of amides is 2. The molecule has 15 heavy (non-hydrogen) atoms. The largest absolute Gasteiger partial charge is 0.449 e. The zero-order chi connectivity index (χ0) is 11.7. The summed E-state index contributed by atoms with van der Waals surface area (Å²) >= 11 is 0. The first kappa shape index (κ1) is 13.5. The Bertz CT molecular complexity index is 208. The topological polar surface area (TPSA) is 90.7 Å². The molecule has 0 aromatic heterocycles. The molecule has 0 saturated heterocycles. The summed E-state index contributed by atoms with van der Waals surface area (Å²) in [6, 6.07) is 0. The van der Waals surface area contributed by atoms with Crippen molar-refractivity contribution in [2.24, 2.45) is 5.73 Å². The summed E-state index contributed by atoms with van der Waals surface area (Å²) in [4.78, 5) is 21.6. The highest BCUT2D eigenvalue weighted by Crippen LogP contribution is 1.99. The summed E-state index contributed by atoms with van der Waals surface area (Å²) < 4.78 is 9.44. The molecular weight excluding hydrogens is 200 g/mol. The van der Waals surface area contributed by atoms with Crippen molar-refractivity contribution in [2.75, 3.05) is 6.61 Å². The van der Waals surface area contributed by atoms with Crippen molar-refractivity contribution in [1.29, 1.82) is 0 Å². The maximum absolute atomic E-state index is 11.1. The van der Waals surface area contributed by atoms with Crippen LogP contribution in [0.2, 0.25) is 0 Å². The molecule has 0 aromatic carbocycles. The van der Waals surface area contributed by atoms with E-state index in [1.807, 2.05) is 13.8 Å². The lowest BCUT2D eigenvalue weighted by atomic mass is 10.3. The number of primary amides is 1. The molecule has 1 atom stereocenters. The van der Waals surface area contributed by atoms with Crippen LogP contribution in [0.25, 0.3) is 0 Å². The van der Waals surface area contributed by atoms with Gasteiger partial charge in [-0.25, -0.2) is 9.59 Å². The zero-order valence-corrected chi connectivity index (χ0v) is 9.12. The number of carbonyl (C=O) groups is 2. The van der Waals surface area contributed by atoms with Gasteiger partial charge in [0, 0.05) is 6.42 Å². The van der Waals surface area contributed by atoms with Crippen LogP contribution >= 0.6 is 0 Å². The maximum atomic E-state index is 11.1. The van der Waals surface area contributed by atoms with E-state index in [1.54, 1.807) is 0 Å². The van der Waals surface area contributed by atoms with Crippen LogP contribution in [0.1, 0.15) is 33.1 Å². The summed E-state index contributed by atoms with van der Waals surface area (Å²) in [6.07, 6.45) is -0.226. The number of rotatable bonds is 6. The van der Waals surface area contributed by atoms with Gasteiger partial charge in [0.05, 0.1) is 6.61 Å². The van der Waals surface area contributed by atoms with Gasteiger partial charge in [-0.2, -0.15) is 0 Å². The predicted molar refractivity (Wildman–Crippen MR) is 54.1 cm³/mol. The van der Waals surface area contributed by atoms with Crippen LogP contribution in [0.5, 0.6) is 0 Å². The first-order valence-corrected chi connectivity index (χ1v) is 4.99. The van der Waals surface area contributed by atoms with Crippen molar-refractivity contribution in [1.82, 2.24) is 5.32 Å². The van der Waals surface area contributed by atoms with Gasteiger partial charge in [-0.3, -0.25) is 5.32 Å². The molecule has 0 aromatic rings. The second kappa shape index (κ2) is 7.90.